The number of carbonyl (C=O) groups is 2. The molecular formula is C18H21F3N4O2. The highest BCUT2D eigenvalue weighted by Crippen LogP contribution is 2.35. The third-order valence-corrected chi connectivity index (χ3v) is 5.78. The molecular weight excluding hydrogens is 361 g/mol. The van der Waals surface area contributed by atoms with Crippen LogP contribution in [0.1, 0.15) is 18.4 Å². The number of aromatic nitrogens is 1. The van der Waals surface area contributed by atoms with Crippen molar-refractivity contribution in [3.63, 3.8) is 0 Å². The summed E-state index contributed by atoms with van der Waals surface area (Å²) in [7, 11) is 0. The average Bonchev–Trinajstić information content (AvgIpc) is 3.20. The number of rotatable bonds is 2. The van der Waals surface area contributed by atoms with Gasteiger partial charge in [-0.15, -0.1) is 0 Å². The minimum Gasteiger partial charge on any atom is -0.356 e. The number of hydrogen-bond acceptors (Lipinski definition) is 4. The van der Waals surface area contributed by atoms with Crippen LogP contribution in [0.2, 0.25) is 0 Å². The van der Waals surface area contributed by atoms with Crippen molar-refractivity contribution >= 4 is 17.6 Å². The van der Waals surface area contributed by atoms with Gasteiger partial charge in [-0.1, -0.05) is 0 Å². The number of nitrogens with one attached hydrogen (secondary N) is 1. The summed E-state index contributed by atoms with van der Waals surface area (Å²) < 4.78 is 38.0. The molecule has 0 radical (unpaired) electrons. The number of nitrogens with zero attached hydrogens (tertiary/aromatic N) is 3. The molecule has 0 aromatic carbocycles. The highest BCUT2D eigenvalue weighted by molar-refractivity contribution is 6.00. The van der Waals surface area contributed by atoms with Crippen LogP contribution in [0, 0.1) is 17.8 Å². The molecule has 3 aliphatic heterocycles. The number of fused-ring (bicyclic) bond motifs is 1. The van der Waals surface area contributed by atoms with Gasteiger partial charge in [0.15, 0.2) is 0 Å². The minimum atomic E-state index is -4.39. The molecule has 2 amide bonds. The molecule has 9 heteroatoms. The molecule has 3 aliphatic rings. The molecule has 3 saturated heterocycles. The van der Waals surface area contributed by atoms with Gasteiger partial charge in [0.05, 0.1) is 5.56 Å². The summed E-state index contributed by atoms with van der Waals surface area (Å²) in [6.07, 6.45) is -2.12. The first-order chi connectivity index (χ1) is 12.8. The molecule has 1 aromatic rings. The monoisotopic (exact) mass is 382 g/mol. The van der Waals surface area contributed by atoms with Gasteiger partial charge in [0.25, 0.3) is 0 Å². The highest BCUT2D eigenvalue weighted by atomic mass is 19.4. The first-order valence-corrected chi connectivity index (χ1v) is 9.17. The maximum Gasteiger partial charge on any atom is 0.417 e. The number of alkyl halides is 3. The Morgan fingerprint density at radius 1 is 1.15 bits per heavy atom. The van der Waals surface area contributed by atoms with E-state index >= 15 is 0 Å². The van der Waals surface area contributed by atoms with Crippen LogP contribution in [-0.2, 0) is 15.8 Å². The standard InChI is InChI=1S/C18H21F3N4O2/c19-18(20,21)13-3-4-15(23-6-13)24-7-11-9-25(10-12(11)8-24)17(27)14-2-1-5-22-16(14)26/h3-4,6,11-12,14H,1-2,5,7-10H2,(H,22,26). The van der Waals surface area contributed by atoms with Gasteiger partial charge >= 0.3 is 6.18 Å². The molecule has 3 fully saturated rings. The minimum absolute atomic E-state index is 0.0965. The molecule has 3 unspecified atom stereocenters. The molecule has 0 saturated carbocycles. The molecule has 146 valence electrons. The summed E-state index contributed by atoms with van der Waals surface area (Å²) in [6, 6.07) is 2.45. The van der Waals surface area contributed by atoms with Gasteiger partial charge < -0.3 is 15.1 Å². The van der Waals surface area contributed by atoms with Crippen molar-refractivity contribution in [3.8, 4) is 0 Å². The largest absolute Gasteiger partial charge is 0.417 e. The van der Waals surface area contributed by atoms with Gasteiger partial charge in [-0.2, -0.15) is 13.2 Å². The quantitative estimate of drug-likeness (QED) is 0.788. The first kappa shape index (κ1) is 18.1. The Morgan fingerprint density at radius 2 is 1.85 bits per heavy atom. The van der Waals surface area contributed by atoms with Crippen molar-refractivity contribution in [2.75, 3.05) is 37.6 Å². The lowest BCUT2D eigenvalue weighted by Crippen LogP contribution is -2.46. The van der Waals surface area contributed by atoms with Gasteiger partial charge in [-0.3, -0.25) is 9.59 Å². The Hall–Kier alpha value is -2.32. The average molecular weight is 382 g/mol. The zero-order chi connectivity index (χ0) is 19.2. The Bertz CT molecular complexity index is 723. The van der Waals surface area contributed by atoms with E-state index in [1.807, 2.05) is 4.90 Å². The van der Waals surface area contributed by atoms with E-state index in [4.69, 9.17) is 0 Å². The smallest absolute Gasteiger partial charge is 0.356 e. The Kier molecular flexibility index (Phi) is 4.47. The molecule has 3 atom stereocenters. The van der Waals surface area contributed by atoms with Crippen LogP contribution in [0.3, 0.4) is 0 Å². The molecule has 0 bridgehead atoms. The van der Waals surface area contributed by atoms with Crippen LogP contribution in [-0.4, -0.2) is 54.4 Å². The van der Waals surface area contributed by atoms with Crippen molar-refractivity contribution < 1.29 is 22.8 Å². The van der Waals surface area contributed by atoms with E-state index in [0.717, 1.165) is 18.7 Å². The second kappa shape index (κ2) is 6.69. The lowest BCUT2D eigenvalue weighted by atomic mass is 9.97. The lowest BCUT2D eigenvalue weighted by Gasteiger charge is -2.27. The summed E-state index contributed by atoms with van der Waals surface area (Å²) in [4.78, 5) is 32.3. The zero-order valence-electron chi connectivity index (χ0n) is 14.7. The van der Waals surface area contributed by atoms with E-state index in [1.54, 1.807) is 4.90 Å². The Balaban J connectivity index is 1.37. The van der Waals surface area contributed by atoms with Gasteiger partial charge in [0.1, 0.15) is 11.7 Å². The fourth-order valence-electron chi connectivity index (χ4n) is 4.33. The van der Waals surface area contributed by atoms with E-state index in [-0.39, 0.29) is 23.7 Å². The summed E-state index contributed by atoms with van der Waals surface area (Å²) >= 11 is 0. The number of pyridine rings is 1. The Morgan fingerprint density at radius 3 is 2.41 bits per heavy atom. The summed E-state index contributed by atoms with van der Waals surface area (Å²) in [5.41, 5.74) is -0.756. The van der Waals surface area contributed by atoms with Crippen molar-refractivity contribution in [1.29, 1.82) is 0 Å². The fraction of sp³-hybridized carbons (Fsp3) is 0.611. The topological polar surface area (TPSA) is 65.5 Å². The van der Waals surface area contributed by atoms with Gasteiger partial charge in [-0.25, -0.2) is 4.98 Å². The molecule has 0 aliphatic carbocycles. The summed E-state index contributed by atoms with van der Waals surface area (Å²) in [6.45, 7) is 3.12. The molecule has 1 aromatic heterocycles. The number of likely N-dealkylation sites (tertiary alicyclic amines) is 1. The molecule has 6 nitrogen and oxygen atoms in total. The van der Waals surface area contributed by atoms with Crippen LogP contribution in [0.5, 0.6) is 0 Å². The van der Waals surface area contributed by atoms with Gasteiger partial charge in [-0.05, 0) is 25.0 Å². The number of amides is 2. The maximum atomic E-state index is 12.7. The number of hydrogen-bond donors (Lipinski definition) is 1. The summed E-state index contributed by atoms with van der Waals surface area (Å²) in [5.74, 6) is 0.182. The lowest BCUT2D eigenvalue weighted by molar-refractivity contribution is -0.143. The molecule has 4 rings (SSSR count). The van der Waals surface area contributed by atoms with Gasteiger partial charge in [0.2, 0.25) is 11.8 Å². The first-order valence-electron chi connectivity index (χ1n) is 9.17. The highest BCUT2D eigenvalue weighted by Gasteiger charge is 2.44. The maximum absolute atomic E-state index is 12.7. The number of halogens is 3. The van der Waals surface area contributed by atoms with E-state index in [9.17, 15) is 22.8 Å². The van der Waals surface area contributed by atoms with E-state index in [2.05, 4.69) is 10.3 Å². The Labute approximate surface area is 154 Å². The SMILES string of the molecule is O=C1NCCCC1C(=O)N1CC2CN(c3ccc(C(F)(F)F)cn3)CC2C1. The van der Waals surface area contributed by atoms with Crippen LogP contribution < -0.4 is 10.2 Å². The second-order valence-electron chi connectivity index (χ2n) is 7.56. The van der Waals surface area contributed by atoms with Crippen LogP contribution >= 0.6 is 0 Å². The summed E-state index contributed by atoms with van der Waals surface area (Å²) in [5, 5.41) is 2.75. The molecule has 27 heavy (non-hydrogen) atoms. The third kappa shape index (κ3) is 3.46. The van der Waals surface area contributed by atoms with Crippen molar-refractivity contribution in [2.45, 2.75) is 19.0 Å². The van der Waals surface area contributed by atoms with Crippen LogP contribution in [0.4, 0.5) is 19.0 Å². The third-order valence-electron chi connectivity index (χ3n) is 5.78. The number of piperidine rings is 1. The van der Waals surface area contributed by atoms with Crippen molar-refractivity contribution in [2.24, 2.45) is 17.8 Å². The van der Waals surface area contributed by atoms with Crippen molar-refractivity contribution in [3.05, 3.63) is 23.9 Å². The number of carbonyl (C=O) groups excluding carboxylic acids is 2. The zero-order valence-corrected chi connectivity index (χ0v) is 14.7. The predicted molar refractivity (Wildman–Crippen MR) is 90.7 cm³/mol. The predicted octanol–water partition coefficient (Wildman–Crippen LogP) is 1.52. The normalized spacial score (nSPS) is 28.3. The molecule has 1 N–H and O–H groups in total. The van der Waals surface area contributed by atoms with Crippen LogP contribution in [0.25, 0.3) is 0 Å². The van der Waals surface area contributed by atoms with Gasteiger partial charge in [0, 0.05) is 50.8 Å². The van der Waals surface area contributed by atoms with Crippen molar-refractivity contribution in [1.82, 2.24) is 15.2 Å². The second-order valence-corrected chi connectivity index (χ2v) is 7.56. The molecule has 0 spiro atoms. The van der Waals surface area contributed by atoms with Crippen LogP contribution in [0.15, 0.2) is 18.3 Å². The fourth-order valence-corrected chi connectivity index (χ4v) is 4.33. The van der Waals surface area contributed by atoms with E-state index in [1.165, 1.54) is 6.07 Å². The molecule has 4 heterocycles. The van der Waals surface area contributed by atoms with E-state index in [0.29, 0.717) is 45.0 Å². The van der Waals surface area contributed by atoms with E-state index < -0.39 is 17.7 Å². The number of anilines is 1.